The molecule has 0 aliphatic heterocycles. The fourth-order valence-electron chi connectivity index (χ4n) is 3.08. The first-order chi connectivity index (χ1) is 14.7. The van der Waals surface area contributed by atoms with E-state index in [9.17, 15) is 9.59 Å². The summed E-state index contributed by atoms with van der Waals surface area (Å²) in [5, 5.41) is 3.30. The number of carbonyl (C=O) groups excluding carboxylic acids is 2. The molecule has 8 heteroatoms. The molecule has 31 heavy (non-hydrogen) atoms. The van der Waals surface area contributed by atoms with Gasteiger partial charge in [-0.15, -0.1) is 0 Å². The van der Waals surface area contributed by atoms with Crippen molar-refractivity contribution in [2.24, 2.45) is 0 Å². The Bertz CT molecular complexity index is 907. The van der Waals surface area contributed by atoms with Crippen molar-refractivity contribution in [2.75, 3.05) is 13.7 Å². The second kappa shape index (κ2) is 12.0. The molecule has 0 heterocycles. The molecule has 0 radical (unpaired) electrons. The average Bonchev–Trinajstić information content (AvgIpc) is 2.72. The number of rotatable bonds is 10. The second-order valence-electron chi connectivity index (χ2n) is 7.32. The van der Waals surface area contributed by atoms with E-state index >= 15 is 0 Å². The predicted molar refractivity (Wildman–Crippen MR) is 126 cm³/mol. The summed E-state index contributed by atoms with van der Waals surface area (Å²) in [7, 11) is 1.59. The van der Waals surface area contributed by atoms with Crippen LogP contribution in [0.4, 0.5) is 0 Å². The van der Waals surface area contributed by atoms with Crippen LogP contribution in [-0.2, 0) is 16.1 Å². The average molecular weight is 512 g/mol. The fourth-order valence-corrected chi connectivity index (χ4v) is 3.81. The molecular weight excluding hydrogens is 484 g/mol. The molecule has 0 spiro atoms. The van der Waals surface area contributed by atoms with Crippen molar-refractivity contribution in [2.45, 2.75) is 45.8 Å². The minimum Gasteiger partial charge on any atom is -0.497 e. The van der Waals surface area contributed by atoms with E-state index in [1.165, 1.54) is 0 Å². The molecule has 2 amide bonds. The Balaban J connectivity index is 2.25. The molecule has 2 aromatic rings. The van der Waals surface area contributed by atoms with Crippen LogP contribution < -0.4 is 14.8 Å². The van der Waals surface area contributed by atoms with E-state index in [2.05, 4.69) is 21.2 Å². The van der Waals surface area contributed by atoms with E-state index in [1.807, 2.05) is 45.0 Å². The van der Waals surface area contributed by atoms with Crippen molar-refractivity contribution in [1.82, 2.24) is 10.2 Å². The SMILES string of the molecule is CC[C@@H](C(=O)NC(C)C)N(Cc1cccc(OC)c1)C(=O)COc1ccc(Br)cc1Cl. The van der Waals surface area contributed by atoms with E-state index in [1.54, 1.807) is 30.2 Å². The summed E-state index contributed by atoms with van der Waals surface area (Å²) < 4.78 is 11.8. The van der Waals surface area contributed by atoms with Gasteiger partial charge >= 0.3 is 0 Å². The van der Waals surface area contributed by atoms with Gasteiger partial charge in [0.05, 0.1) is 12.1 Å². The number of hydrogen-bond donors (Lipinski definition) is 1. The van der Waals surface area contributed by atoms with Crippen LogP contribution in [0, 0.1) is 0 Å². The van der Waals surface area contributed by atoms with Crippen LogP contribution in [0.15, 0.2) is 46.9 Å². The molecule has 0 aromatic heterocycles. The Labute approximate surface area is 197 Å². The Morgan fingerprint density at radius 1 is 1.19 bits per heavy atom. The van der Waals surface area contributed by atoms with E-state index in [4.69, 9.17) is 21.1 Å². The summed E-state index contributed by atoms with van der Waals surface area (Å²) in [6.45, 7) is 5.66. The van der Waals surface area contributed by atoms with Gasteiger partial charge in [0.1, 0.15) is 17.5 Å². The number of amides is 2. The quantitative estimate of drug-likeness (QED) is 0.496. The highest BCUT2D eigenvalue weighted by atomic mass is 79.9. The molecule has 0 bridgehead atoms. The maximum Gasteiger partial charge on any atom is 0.261 e. The molecule has 2 aromatic carbocycles. The van der Waals surface area contributed by atoms with Gasteiger partial charge in [0.15, 0.2) is 6.61 Å². The summed E-state index contributed by atoms with van der Waals surface area (Å²) in [5.74, 6) is 0.574. The molecule has 0 fully saturated rings. The van der Waals surface area contributed by atoms with Crippen molar-refractivity contribution < 1.29 is 19.1 Å². The molecule has 0 saturated heterocycles. The molecule has 1 atom stereocenters. The van der Waals surface area contributed by atoms with Crippen molar-refractivity contribution in [3.05, 3.63) is 57.5 Å². The van der Waals surface area contributed by atoms with Crippen LogP contribution >= 0.6 is 27.5 Å². The smallest absolute Gasteiger partial charge is 0.261 e. The predicted octanol–water partition coefficient (Wildman–Crippen LogP) is 4.82. The van der Waals surface area contributed by atoms with E-state index in [-0.39, 0.29) is 31.0 Å². The van der Waals surface area contributed by atoms with Crippen LogP contribution in [-0.4, -0.2) is 42.5 Å². The van der Waals surface area contributed by atoms with Gasteiger partial charge in [0, 0.05) is 17.1 Å². The molecule has 0 aliphatic rings. The first kappa shape index (κ1) is 25.0. The molecule has 0 saturated carbocycles. The van der Waals surface area contributed by atoms with Gasteiger partial charge in [-0.25, -0.2) is 0 Å². The fraction of sp³-hybridized carbons (Fsp3) is 0.391. The van der Waals surface area contributed by atoms with Crippen molar-refractivity contribution in [3.8, 4) is 11.5 Å². The number of halogens is 2. The zero-order valence-corrected chi connectivity index (χ0v) is 20.5. The van der Waals surface area contributed by atoms with Crippen LogP contribution in [0.25, 0.3) is 0 Å². The lowest BCUT2D eigenvalue weighted by Crippen LogP contribution is -2.51. The third-order valence-electron chi connectivity index (χ3n) is 4.55. The normalized spacial score (nSPS) is 11.7. The summed E-state index contributed by atoms with van der Waals surface area (Å²) in [5.41, 5.74) is 0.852. The van der Waals surface area contributed by atoms with E-state index in [0.29, 0.717) is 22.9 Å². The zero-order valence-electron chi connectivity index (χ0n) is 18.2. The first-order valence-electron chi connectivity index (χ1n) is 10.1. The maximum atomic E-state index is 13.2. The Morgan fingerprint density at radius 2 is 1.94 bits per heavy atom. The number of hydrogen-bond acceptors (Lipinski definition) is 4. The minimum atomic E-state index is -0.634. The van der Waals surface area contributed by atoms with Gasteiger partial charge in [-0.05, 0) is 56.2 Å². The molecule has 2 rings (SSSR count). The van der Waals surface area contributed by atoms with E-state index < -0.39 is 6.04 Å². The molecule has 6 nitrogen and oxygen atoms in total. The summed E-state index contributed by atoms with van der Waals surface area (Å²) in [6.07, 6.45) is 0.466. The van der Waals surface area contributed by atoms with Crippen molar-refractivity contribution in [3.63, 3.8) is 0 Å². The lowest BCUT2D eigenvalue weighted by atomic mass is 10.1. The van der Waals surface area contributed by atoms with Crippen molar-refractivity contribution >= 4 is 39.3 Å². The van der Waals surface area contributed by atoms with Crippen LogP contribution in [0.2, 0.25) is 5.02 Å². The number of nitrogens with zero attached hydrogens (tertiary/aromatic N) is 1. The third kappa shape index (κ3) is 7.43. The number of methoxy groups -OCH3 is 1. The molecule has 1 N–H and O–H groups in total. The van der Waals surface area contributed by atoms with Crippen LogP contribution in [0.3, 0.4) is 0 Å². The number of ether oxygens (including phenoxy) is 2. The second-order valence-corrected chi connectivity index (χ2v) is 8.65. The number of benzene rings is 2. The standard InChI is InChI=1S/C23H28BrClN2O4/c1-5-20(23(29)26-15(2)3)27(13-16-7-6-8-18(11-16)30-4)22(28)14-31-21-10-9-17(24)12-19(21)25/h6-12,15,20H,5,13-14H2,1-4H3,(H,26,29)/t20-/m0/s1. The van der Waals surface area contributed by atoms with Gasteiger partial charge in [0.2, 0.25) is 5.91 Å². The van der Waals surface area contributed by atoms with Gasteiger partial charge in [-0.1, -0.05) is 46.6 Å². The monoisotopic (exact) mass is 510 g/mol. The largest absolute Gasteiger partial charge is 0.497 e. The lowest BCUT2D eigenvalue weighted by molar-refractivity contribution is -0.143. The summed E-state index contributed by atoms with van der Waals surface area (Å²) >= 11 is 9.54. The highest BCUT2D eigenvalue weighted by molar-refractivity contribution is 9.10. The topological polar surface area (TPSA) is 67.9 Å². The number of nitrogens with one attached hydrogen (secondary N) is 1. The van der Waals surface area contributed by atoms with Crippen molar-refractivity contribution in [1.29, 1.82) is 0 Å². The highest BCUT2D eigenvalue weighted by Crippen LogP contribution is 2.28. The summed E-state index contributed by atoms with van der Waals surface area (Å²) in [6, 6.07) is 11.9. The van der Waals surface area contributed by atoms with Gasteiger partial charge in [-0.2, -0.15) is 0 Å². The molecular formula is C23H28BrClN2O4. The van der Waals surface area contributed by atoms with Gasteiger partial charge < -0.3 is 19.7 Å². The Morgan fingerprint density at radius 3 is 2.55 bits per heavy atom. The molecule has 0 aliphatic carbocycles. The molecule has 168 valence electrons. The maximum absolute atomic E-state index is 13.2. The Hall–Kier alpha value is -2.25. The summed E-state index contributed by atoms with van der Waals surface area (Å²) in [4.78, 5) is 27.5. The van der Waals surface area contributed by atoms with Gasteiger partial charge in [0.25, 0.3) is 5.91 Å². The first-order valence-corrected chi connectivity index (χ1v) is 11.2. The van der Waals surface area contributed by atoms with Gasteiger partial charge in [-0.3, -0.25) is 9.59 Å². The van der Waals surface area contributed by atoms with Crippen LogP contribution in [0.5, 0.6) is 11.5 Å². The molecule has 0 unspecified atom stereocenters. The zero-order chi connectivity index (χ0) is 23.0. The van der Waals surface area contributed by atoms with Crippen LogP contribution in [0.1, 0.15) is 32.8 Å². The highest BCUT2D eigenvalue weighted by Gasteiger charge is 2.29. The number of carbonyl (C=O) groups is 2. The third-order valence-corrected chi connectivity index (χ3v) is 5.34. The van der Waals surface area contributed by atoms with E-state index in [0.717, 1.165) is 10.0 Å². The Kier molecular flexibility index (Phi) is 9.65. The lowest BCUT2D eigenvalue weighted by Gasteiger charge is -2.31. The minimum absolute atomic E-state index is 0.0341.